The first-order valence-electron chi connectivity index (χ1n) is 7.55. The molecule has 0 saturated heterocycles. The van der Waals surface area contributed by atoms with E-state index in [1.807, 2.05) is 66.7 Å². The monoisotopic (exact) mass is 366 g/mol. The zero-order chi connectivity index (χ0) is 15.8. The minimum Gasteiger partial charge on any atom is -0.456 e. The maximum absolute atomic E-state index is 10.8. The third kappa shape index (κ3) is 2.67. The van der Waals surface area contributed by atoms with Crippen LogP contribution in [-0.2, 0) is 6.42 Å². The van der Waals surface area contributed by atoms with Gasteiger partial charge in [-0.05, 0) is 35.4 Å². The Balaban J connectivity index is 1.86. The molecule has 3 heteroatoms. The van der Waals surface area contributed by atoms with E-state index in [1.165, 1.54) is 0 Å². The maximum atomic E-state index is 10.8. The molecule has 0 fully saturated rings. The molecule has 1 atom stereocenters. The summed E-state index contributed by atoms with van der Waals surface area (Å²) in [5.74, 6) is 0. The van der Waals surface area contributed by atoms with Crippen molar-refractivity contribution < 1.29 is 9.52 Å². The molecule has 1 aromatic heterocycles. The van der Waals surface area contributed by atoms with E-state index < -0.39 is 6.10 Å². The average molecular weight is 367 g/mol. The largest absolute Gasteiger partial charge is 0.456 e. The molecule has 1 heterocycles. The summed E-state index contributed by atoms with van der Waals surface area (Å²) in [6.07, 6.45) is 0.0153. The lowest BCUT2D eigenvalue weighted by molar-refractivity contribution is 0.180. The Morgan fingerprint density at radius 3 is 2.57 bits per heavy atom. The van der Waals surface area contributed by atoms with Crippen molar-refractivity contribution >= 4 is 37.9 Å². The average Bonchev–Trinajstić information content (AvgIpc) is 2.93. The molecule has 0 saturated carbocycles. The number of rotatable bonds is 3. The van der Waals surface area contributed by atoms with Gasteiger partial charge >= 0.3 is 0 Å². The van der Waals surface area contributed by atoms with E-state index in [2.05, 4.69) is 15.9 Å². The Morgan fingerprint density at radius 1 is 0.913 bits per heavy atom. The van der Waals surface area contributed by atoms with Crippen molar-refractivity contribution in [3.05, 3.63) is 82.3 Å². The van der Waals surface area contributed by atoms with Gasteiger partial charge in [0, 0.05) is 21.7 Å². The van der Waals surface area contributed by atoms with E-state index in [4.69, 9.17) is 4.42 Å². The van der Waals surface area contributed by atoms with Crippen LogP contribution in [0, 0.1) is 0 Å². The molecule has 23 heavy (non-hydrogen) atoms. The van der Waals surface area contributed by atoms with Crippen LogP contribution < -0.4 is 0 Å². The van der Waals surface area contributed by atoms with Gasteiger partial charge in [0.25, 0.3) is 0 Å². The van der Waals surface area contributed by atoms with Crippen LogP contribution in [0.3, 0.4) is 0 Å². The third-order valence-electron chi connectivity index (χ3n) is 4.12. The first kappa shape index (κ1) is 14.5. The van der Waals surface area contributed by atoms with Crippen molar-refractivity contribution in [3.63, 3.8) is 0 Å². The fourth-order valence-electron chi connectivity index (χ4n) is 3.05. The number of aliphatic hydroxyl groups excluding tert-OH is 1. The van der Waals surface area contributed by atoms with Gasteiger partial charge in [0.15, 0.2) is 0 Å². The highest BCUT2D eigenvalue weighted by atomic mass is 79.9. The van der Waals surface area contributed by atoms with E-state index in [0.717, 1.165) is 37.5 Å². The van der Waals surface area contributed by atoms with E-state index in [0.29, 0.717) is 6.42 Å². The van der Waals surface area contributed by atoms with Gasteiger partial charge in [-0.3, -0.25) is 0 Å². The van der Waals surface area contributed by atoms with Crippen molar-refractivity contribution in [1.29, 1.82) is 0 Å². The molecule has 4 aromatic rings. The maximum Gasteiger partial charge on any atom is 0.135 e. The van der Waals surface area contributed by atoms with Crippen LogP contribution >= 0.6 is 15.9 Å². The number of fused-ring (bicyclic) bond motifs is 3. The molecular weight excluding hydrogens is 352 g/mol. The first-order chi connectivity index (χ1) is 11.2. The van der Waals surface area contributed by atoms with Gasteiger partial charge in [-0.15, -0.1) is 0 Å². The van der Waals surface area contributed by atoms with Crippen LogP contribution in [0.2, 0.25) is 0 Å². The molecule has 0 aliphatic rings. The highest BCUT2D eigenvalue weighted by Gasteiger charge is 2.17. The molecule has 0 bridgehead atoms. The smallest absolute Gasteiger partial charge is 0.135 e. The van der Waals surface area contributed by atoms with Gasteiger partial charge in [0.2, 0.25) is 0 Å². The second-order valence-electron chi connectivity index (χ2n) is 5.67. The zero-order valence-corrected chi connectivity index (χ0v) is 14.0. The van der Waals surface area contributed by atoms with Crippen molar-refractivity contribution in [2.45, 2.75) is 12.5 Å². The second-order valence-corrected chi connectivity index (χ2v) is 6.58. The highest BCUT2D eigenvalue weighted by Crippen LogP contribution is 2.36. The summed E-state index contributed by atoms with van der Waals surface area (Å²) in [5, 5.41) is 12.8. The lowest BCUT2D eigenvalue weighted by atomic mass is 9.97. The number of benzene rings is 3. The summed E-state index contributed by atoms with van der Waals surface area (Å²) in [7, 11) is 0. The summed E-state index contributed by atoms with van der Waals surface area (Å²) in [6, 6.07) is 21.9. The first-order valence-corrected chi connectivity index (χ1v) is 8.34. The van der Waals surface area contributed by atoms with Gasteiger partial charge < -0.3 is 9.52 Å². The molecule has 0 radical (unpaired) electrons. The van der Waals surface area contributed by atoms with Gasteiger partial charge in [-0.25, -0.2) is 0 Å². The van der Waals surface area contributed by atoms with Crippen molar-refractivity contribution in [2.24, 2.45) is 0 Å². The van der Waals surface area contributed by atoms with Crippen molar-refractivity contribution in [1.82, 2.24) is 0 Å². The summed E-state index contributed by atoms with van der Waals surface area (Å²) >= 11 is 3.51. The minimum atomic E-state index is -0.569. The molecule has 1 N–H and O–H groups in total. The number of hydrogen-bond donors (Lipinski definition) is 1. The van der Waals surface area contributed by atoms with Gasteiger partial charge in [-0.2, -0.15) is 0 Å². The van der Waals surface area contributed by atoms with Crippen LogP contribution in [0.4, 0.5) is 0 Å². The fraction of sp³-hybridized carbons (Fsp3) is 0.100. The second kappa shape index (κ2) is 5.84. The van der Waals surface area contributed by atoms with Crippen molar-refractivity contribution in [2.75, 3.05) is 0 Å². The van der Waals surface area contributed by atoms with Crippen LogP contribution in [-0.4, -0.2) is 5.11 Å². The summed E-state index contributed by atoms with van der Waals surface area (Å²) in [5.41, 5.74) is 3.67. The molecule has 0 aliphatic heterocycles. The van der Waals surface area contributed by atoms with Crippen LogP contribution in [0.15, 0.2) is 75.6 Å². The van der Waals surface area contributed by atoms with Crippen LogP contribution in [0.5, 0.6) is 0 Å². The molecule has 0 aliphatic carbocycles. The predicted octanol–water partition coefficient (Wildman–Crippen LogP) is 5.62. The molecule has 114 valence electrons. The number of hydrogen-bond acceptors (Lipinski definition) is 2. The molecule has 3 aromatic carbocycles. The Labute approximate surface area is 142 Å². The zero-order valence-electron chi connectivity index (χ0n) is 12.4. The highest BCUT2D eigenvalue weighted by molar-refractivity contribution is 9.10. The lowest BCUT2D eigenvalue weighted by Gasteiger charge is -2.12. The summed E-state index contributed by atoms with van der Waals surface area (Å²) < 4.78 is 6.92. The topological polar surface area (TPSA) is 33.4 Å². The molecule has 0 amide bonds. The molecule has 1 unspecified atom stereocenters. The van der Waals surface area contributed by atoms with Crippen molar-refractivity contribution in [3.8, 4) is 0 Å². The van der Waals surface area contributed by atoms with Crippen LogP contribution in [0.1, 0.15) is 17.2 Å². The predicted molar refractivity (Wildman–Crippen MR) is 96.5 cm³/mol. The molecular formula is C20H15BrO2. The Bertz CT molecular complexity index is 973. The number of furan rings is 1. The standard InChI is InChI=1S/C20H15BrO2/c21-14-9-10-18-16(12-14)20-15(7-4-8-19(20)23-18)17(22)11-13-5-2-1-3-6-13/h1-10,12,17,22H,11H2. The summed E-state index contributed by atoms with van der Waals surface area (Å²) in [4.78, 5) is 0. The summed E-state index contributed by atoms with van der Waals surface area (Å²) in [6.45, 7) is 0. The molecule has 2 nitrogen and oxygen atoms in total. The van der Waals surface area contributed by atoms with E-state index in [9.17, 15) is 5.11 Å². The number of aliphatic hydroxyl groups is 1. The Morgan fingerprint density at radius 2 is 1.74 bits per heavy atom. The quantitative estimate of drug-likeness (QED) is 0.510. The number of halogens is 1. The van der Waals surface area contributed by atoms with E-state index in [-0.39, 0.29) is 0 Å². The van der Waals surface area contributed by atoms with E-state index in [1.54, 1.807) is 0 Å². The fourth-order valence-corrected chi connectivity index (χ4v) is 3.41. The normalized spacial score (nSPS) is 12.8. The van der Waals surface area contributed by atoms with Gasteiger partial charge in [0.1, 0.15) is 11.2 Å². The third-order valence-corrected chi connectivity index (χ3v) is 4.61. The molecule has 0 spiro atoms. The molecule has 4 rings (SSSR count). The van der Waals surface area contributed by atoms with Gasteiger partial charge in [0.05, 0.1) is 6.10 Å². The van der Waals surface area contributed by atoms with Gasteiger partial charge in [-0.1, -0.05) is 58.4 Å². The lowest BCUT2D eigenvalue weighted by Crippen LogP contribution is -2.02. The van der Waals surface area contributed by atoms with E-state index >= 15 is 0 Å². The SMILES string of the molecule is OC(Cc1ccccc1)c1cccc2oc3ccc(Br)cc3c12. The van der Waals surface area contributed by atoms with Crippen LogP contribution in [0.25, 0.3) is 21.9 Å². The Hall–Kier alpha value is -2.10. The Kier molecular flexibility index (Phi) is 3.68. The minimum absolute atomic E-state index is 0.569.